The number of ether oxygens (including phenoxy) is 1. The first-order valence-corrected chi connectivity index (χ1v) is 6.21. The van der Waals surface area contributed by atoms with Crippen molar-refractivity contribution in [3.8, 4) is 22.9 Å². The lowest BCUT2D eigenvalue weighted by atomic mass is 10.1. The Bertz CT molecular complexity index is 860. The van der Waals surface area contributed by atoms with Crippen molar-refractivity contribution >= 4 is 11.5 Å². The fraction of sp³-hybridized carbons (Fsp3) is 0.143. The maximum absolute atomic E-state index is 8.94. The van der Waals surface area contributed by atoms with Gasteiger partial charge in [-0.25, -0.2) is 0 Å². The molecule has 0 aliphatic carbocycles. The van der Waals surface area contributed by atoms with Crippen LogP contribution in [0.1, 0.15) is 11.4 Å². The lowest BCUT2D eigenvalue weighted by Crippen LogP contribution is -2.06. The van der Waals surface area contributed by atoms with E-state index in [0.717, 1.165) is 22.6 Å². The van der Waals surface area contributed by atoms with Gasteiger partial charge in [0, 0.05) is 0 Å². The highest BCUT2D eigenvalue weighted by molar-refractivity contribution is 5.80. The molecule has 3 rings (SSSR count). The summed E-state index contributed by atoms with van der Waals surface area (Å²) in [5.41, 5.74) is 9.00. The molecule has 0 spiro atoms. The van der Waals surface area contributed by atoms with E-state index >= 15 is 0 Å². The van der Waals surface area contributed by atoms with Gasteiger partial charge in [-0.1, -0.05) is 12.1 Å². The van der Waals surface area contributed by atoms with Crippen LogP contribution >= 0.6 is 0 Å². The van der Waals surface area contributed by atoms with Crippen molar-refractivity contribution in [3.05, 3.63) is 35.7 Å². The van der Waals surface area contributed by atoms with Crippen LogP contribution in [0.5, 0.6) is 5.75 Å². The molecule has 0 aliphatic heterocycles. The molecule has 2 heterocycles. The van der Waals surface area contributed by atoms with Gasteiger partial charge in [0.25, 0.3) is 0 Å². The van der Waals surface area contributed by atoms with E-state index in [9.17, 15) is 0 Å². The van der Waals surface area contributed by atoms with Crippen LogP contribution in [0.4, 0.5) is 5.82 Å². The van der Waals surface area contributed by atoms with Gasteiger partial charge in [0.2, 0.25) is 5.69 Å². The van der Waals surface area contributed by atoms with E-state index in [0.29, 0.717) is 5.65 Å². The third kappa shape index (κ3) is 1.94. The summed E-state index contributed by atoms with van der Waals surface area (Å²) in [5, 5.41) is 21.2. The number of anilines is 1. The van der Waals surface area contributed by atoms with Gasteiger partial charge in [0.15, 0.2) is 11.5 Å². The number of hydrogen-bond acceptors (Lipinski definition) is 6. The lowest BCUT2D eigenvalue weighted by Gasteiger charge is -2.03. The molecule has 0 atom stereocenters. The van der Waals surface area contributed by atoms with Crippen molar-refractivity contribution in [3.63, 3.8) is 0 Å². The van der Waals surface area contributed by atoms with Gasteiger partial charge < -0.3 is 10.5 Å². The first kappa shape index (κ1) is 12.9. The molecule has 0 saturated carbocycles. The summed E-state index contributed by atoms with van der Waals surface area (Å²) in [5.74, 6) is 0.954. The Morgan fingerprint density at radius 3 is 2.57 bits per heavy atom. The van der Waals surface area contributed by atoms with Crippen molar-refractivity contribution in [1.29, 1.82) is 5.26 Å². The minimum atomic E-state index is 0.0614. The molecule has 2 N–H and O–H groups in total. The largest absolute Gasteiger partial charge is 0.497 e. The highest BCUT2D eigenvalue weighted by Gasteiger charge is 2.17. The number of fused-ring (bicyclic) bond motifs is 1. The molecule has 7 heteroatoms. The SMILES string of the molecule is COc1ccc(-c2c(C)nn3c(N)c(C#N)nnc23)cc1. The van der Waals surface area contributed by atoms with Crippen molar-refractivity contribution in [1.82, 2.24) is 19.8 Å². The summed E-state index contributed by atoms with van der Waals surface area (Å²) < 4.78 is 6.59. The summed E-state index contributed by atoms with van der Waals surface area (Å²) in [7, 11) is 1.62. The molecule has 1 aromatic carbocycles. The zero-order valence-electron chi connectivity index (χ0n) is 11.5. The molecule has 0 amide bonds. The van der Waals surface area contributed by atoms with Crippen molar-refractivity contribution < 1.29 is 4.74 Å². The monoisotopic (exact) mass is 280 g/mol. The Balaban J connectivity index is 2.25. The number of hydrogen-bond donors (Lipinski definition) is 1. The maximum Gasteiger partial charge on any atom is 0.205 e. The van der Waals surface area contributed by atoms with Gasteiger partial charge in [-0.3, -0.25) is 0 Å². The number of methoxy groups -OCH3 is 1. The zero-order chi connectivity index (χ0) is 15.0. The van der Waals surface area contributed by atoms with Gasteiger partial charge in [0.1, 0.15) is 11.8 Å². The van der Waals surface area contributed by atoms with E-state index in [-0.39, 0.29) is 11.5 Å². The molecule has 3 aromatic rings. The quantitative estimate of drug-likeness (QED) is 0.764. The maximum atomic E-state index is 8.94. The molecule has 0 radical (unpaired) electrons. The molecular formula is C14H12N6O. The van der Waals surface area contributed by atoms with Gasteiger partial charge >= 0.3 is 0 Å². The van der Waals surface area contributed by atoms with Crippen molar-refractivity contribution in [2.24, 2.45) is 0 Å². The minimum Gasteiger partial charge on any atom is -0.497 e. The number of nitrogens with two attached hydrogens (primary N) is 1. The van der Waals surface area contributed by atoms with Gasteiger partial charge in [-0.2, -0.15) is 14.9 Å². The van der Waals surface area contributed by atoms with Crippen LogP contribution < -0.4 is 10.5 Å². The number of nitrogens with zero attached hydrogens (tertiary/aromatic N) is 5. The predicted octanol–water partition coefficient (Wildman–Crippen LogP) is 1.56. The molecule has 0 unspecified atom stereocenters. The second kappa shape index (κ2) is 4.76. The average molecular weight is 280 g/mol. The molecule has 104 valence electrons. The van der Waals surface area contributed by atoms with Crippen LogP contribution in [0.25, 0.3) is 16.8 Å². The average Bonchev–Trinajstić information content (AvgIpc) is 2.85. The molecule has 0 saturated heterocycles. The van der Waals surface area contributed by atoms with E-state index in [2.05, 4.69) is 15.3 Å². The fourth-order valence-electron chi connectivity index (χ4n) is 2.20. The number of aryl methyl sites for hydroxylation is 1. The Morgan fingerprint density at radius 1 is 1.24 bits per heavy atom. The number of aromatic nitrogens is 4. The molecule has 0 bridgehead atoms. The van der Waals surface area contributed by atoms with Gasteiger partial charge in [0.05, 0.1) is 18.4 Å². The van der Waals surface area contributed by atoms with Crippen LogP contribution in [0.3, 0.4) is 0 Å². The van der Waals surface area contributed by atoms with E-state index < -0.39 is 0 Å². The first-order chi connectivity index (χ1) is 10.2. The summed E-state index contributed by atoms with van der Waals surface area (Å²) >= 11 is 0. The van der Waals surface area contributed by atoms with Crippen LogP contribution in [0.2, 0.25) is 0 Å². The number of nitrogen functional groups attached to an aromatic ring is 1. The first-order valence-electron chi connectivity index (χ1n) is 6.21. The van der Waals surface area contributed by atoms with Crippen LogP contribution in [-0.4, -0.2) is 26.9 Å². The predicted molar refractivity (Wildman–Crippen MR) is 76.6 cm³/mol. The molecular weight excluding hydrogens is 268 g/mol. The van der Waals surface area contributed by atoms with Crippen LogP contribution in [0.15, 0.2) is 24.3 Å². The van der Waals surface area contributed by atoms with Gasteiger partial charge in [-0.05, 0) is 24.6 Å². The van der Waals surface area contributed by atoms with E-state index in [1.165, 1.54) is 4.52 Å². The van der Waals surface area contributed by atoms with Crippen molar-refractivity contribution in [2.45, 2.75) is 6.92 Å². The highest BCUT2D eigenvalue weighted by atomic mass is 16.5. The van der Waals surface area contributed by atoms with E-state index in [4.69, 9.17) is 15.7 Å². The Kier molecular flexibility index (Phi) is 2.92. The van der Waals surface area contributed by atoms with Crippen LogP contribution in [-0.2, 0) is 0 Å². The smallest absolute Gasteiger partial charge is 0.205 e. The minimum absolute atomic E-state index is 0.0614. The summed E-state index contributed by atoms with van der Waals surface area (Å²) in [4.78, 5) is 0. The summed E-state index contributed by atoms with van der Waals surface area (Å²) in [6, 6.07) is 9.45. The normalized spacial score (nSPS) is 10.5. The Hall–Kier alpha value is -3.14. The number of rotatable bonds is 2. The highest BCUT2D eigenvalue weighted by Crippen LogP contribution is 2.29. The third-order valence-electron chi connectivity index (χ3n) is 3.24. The van der Waals surface area contributed by atoms with E-state index in [1.54, 1.807) is 7.11 Å². The number of benzene rings is 1. The molecule has 0 aliphatic rings. The Morgan fingerprint density at radius 2 is 1.95 bits per heavy atom. The summed E-state index contributed by atoms with van der Waals surface area (Å²) in [6.07, 6.45) is 0. The second-order valence-corrected chi connectivity index (χ2v) is 4.47. The van der Waals surface area contributed by atoms with E-state index in [1.807, 2.05) is 37.3 Å². The molecule has 0 fully saturated rings. The van der Waals surface area contributed by atoms with Crippen molar-refractivity contribution in [2.75, 3.05) is 12.8 Å². The van der Waals surface area contributed by atoms with Gasteiger partial charge in [-0.15, -0.1) is 10.2 Å². The fourth-order valence-corrected chi connectivity index (χ4v) is 2.20. The Labute approximate surface area is 120 Å². The summed E-state index contributed by atoms with van der Waals surface area (Å²) in [6.45, 7) is 1.86. The number of nitriles is 1. The topological polar surface area (TPSA) is 102 Å². The second-order valence-electron chi connectivity index (χ2n) is 4.47. The zero-order valence-corrected chi connectivity index (χ0v) is 11.5. The third-order valence-corrected chi connectivity index (χ3v) is 3.24. The van der Waals surface area contributed by atoms with Crippen LogP contribution in [0, 0.1) is 18.3 Å². The molecule has 21 heavy (non-hydrogen) atoms. The molecule has 7 nitrogen and oxygen atoms in total. The molecule has 2 aromatic heterocycles. The lowest BCUT2D eigenvalue weighted by molar-refractivity contribution is 0.415. The standard InChI is InChI=1S/C14H12N6O/c1-8-12(9-3-5-10(21-2)6-4-9)14-18-17-11(7-15)13(16)20(14)19-8/h3-6H,16H2,1-2H3.